The zero-order chi connectivity index (χ0) is 23.4. The number of benzene rings is 2. The van der Waals surface area contributed by atoms with Crippen LogP contribution >= 0.6 is 0 Å². The fourth-order valence-corrected chi connectivity index (χ4v) is 3.41. The standard InChI is InChI=1S/C25H22FN3O4/c1-15-18(25(30)28-14-16-11-23(26)29-24(12-16)32-3)5-4-6-21(15)33-22-9-10-27-20-13-17(31-2)7-8-19(20)22/h4-13H,14H2,1-3H3,(H,28,30). The molecule has 8 heteroatoms. The minimum absolute atomic E-state index is 0.121. The van der Waals surface area contributed by atoms with Crippen LogP contribution in [0.3, 0.4) is 0 Å². The molecule has 0 bridgehead atoms. The molecule has 0 radical (unpaired) electrons. The van der Waals surface area contributed by atoms with E-state index in [0.717, 1.165) is 10.9 Å². The SMILES string of the molecule is COc1ccc2c(Oc3cccc(C(=O)NCc4cc(F)nc(OC)c4)c3C)ccnc2c1. The van der Waals surface area contributed by atoms with Crippen LogP contribution in [0, 0.1) is 12.9 Å². The molecule has 0 unspecified atom stereocenters. The molecule has 0 aliphatic carbocycles. The molecular formula is C25H22FN3O4. The van der Waals surface area contributed by atoms with Gasteiger partial charge in [-0.1, -0.05) is 6.07 Å². The number of rotatable bonds is 7. The summed E-state index contributed by atoms with van der Waals surface area (Å²) in [5.74, 6) is 1.03. The quantitative estimate of drug-likeness (QED) is 0.409. The summed E-state index contributed by atoms with van der Waals surface area (Å²) in [6, 6.07) is 15.4. The fraction of sp³-hybridized carbons (Fsp3) is 0.160. The number of ether oxygens (including phenoxy) is 3. The smallest absolute Gasteiger partial charge is 0.251 e. The molecule has 0 aliphatic heterocycles. The van der Waals surface area contributed by atoms with E-state index in [1.807, 2.05) is 25.1 Å². The lowest BCUT2D eigenvalue weighted by Crippen LogP contribution is -2.23. The molecular weight excluding hydrogens is 425 g/mol. The third-order valence-electron chi connectivity index (χ3n) is 5.15. The molecule has 0 aliphatic rings. The van der Waals surface area contributed by atoms with Crippen molar-refractivity contribution in [1.82, 2.24) is 15.3 Å². The van der Waals surface area contributed by atoms with Gasteiger partial charge in [-0.25, -0.2) is 0 Å². The van der Waals surface area contributed by atoms with Gasteiger partial charge in [0.15, 0.2) is 0 Å². The molecule has 0 spiro atoms. The number of carbonyl (C=O) groups is 1. The first-order valence-electron chi connectivity index (χ1n) is 10.2. The Kier molecular flexibility index (Phi) is 6.35. The van der Waals surface area contributed by atoms with Gasteiger partial charge in [0.2, 0.25) is 11.8 Å². The largest absolute Gasteiger partial charge is 0.497 e. The van der Waals surface area contributed by atoms with Crippen LogP contribution in [-0.4, -0.2) is 30.1 Å². The van der Waals surface area contributed by atoms with Crippen LogP contribution in [0.4, 0.5) is 4.39 Å². The molecule has 7 nitrogen and oxygen atoms in total. The number of hydrogen-bond acceptors (Lipinski definition) is 6. The molecule has 0 fully saturated rings. The van der Waals surface area contributed by atoms with Crippen molar-refractivity contribution in [2.24, 2.45) is 0 Å². The molecule has 0 atom stereocenters. The summed E-state index contributed by atoms with van der Waals surface area (Å²) >= 11 is 0. The topological polar surface area (TPSA) is 82.6 Å². The highest BCUT2D eigenvalue weighted by molar-refractivity contribution is 5.96. The van der Waals surface area contributed by atoms with Crippen molar-refractivity contribution >= 4 is 16.8 Å². The normalized spacial score (nSPS) is 10.7. The number of nitrogens with one attached hydrogen (secondary N) is 1. The molecule has 0 saturated carbocycles. The van der Waals surface area contributed by atoms with Crippen LogP contribution in [0.5, 0.6) is 23.1 Å². The van der Waals surface area contributed by atoms with Gasteiger partial charge in [-0.3, -0.25) is 9.78 Å². The molecule has 2 aromatic heterocycles. The Balaban J connectivity index is 1.55. The maximum Gasteiger partial charge on any atom is 0.251 e. The Morgan fingerprint density at radius 2 is 1.88 bits per heavy atom. The number of methoxy groups -OCH3 is 2. The first kappa shape index (κ1) is 22.0. The molecule has 4 aromatic rings. The summed E-state index contributed by atoms with van der Waals surface area (Å²) < 4.78 is 30.0. The van der Waals surface area contributed by atoms with Crippen LogP contribution in [-0.2, 0) is 6.54 Å². The van der Waals surface area contributed by atoms with Crippen LogP contribution in [0.1, 0.15) is 21.5 Å². The molecule has 1 amide bonds. The third-order valence-corrected chi connectivity index (χ3v) is 5.15. The van der Waals surface area contributed by atoms with Gasteiger partial charge in [-0.15, -0.1) is 0 Å². The average Bonchev–Trinajstić information content (AvgIpc) is 2.83. The number of nitrogens with zero attached hydrogens (tertiary/aromatic N) is 2. The number of fused-ring (bicyclic) bond motifs is 1. The molecule has 2 aromatic carbocycles. The van der Waals surface area contributed by atoms with Gasteiger partial charge in [-0.05, 0) is 48.9 Å². The highest BCUT2D eigenvalue weighted by atomic mass is 19.1. The van der Waals surface area contributed by atoms with Gasteiger partial charge in [0.25, 0.3) is 5.91 Å². The van der Waals surface area contributed by atoms with Crippen molar-refractivity contribution in [3.63, 3.8) is 0 Å². The van der Waals surface area contributed by atoms with E-state index in [1.54, 1.807) is 43.6 Å². The zero-order valence-corrected chi connectivity index (χ0v) is 18.4. The summed E-state index contributed by atoms with van der Waals surface area (Å²) in [6.45, 7) is 1.93. The van der Waals surface area contributed by atoms with Crippen molar-refractivity contribution < 1.29 is 23.4 Å². The van der Waals surface area contributed by atoms with Crippen LogP contribution in [0.15, 0.2) is 60.8 Å². The molecule has 168 valence electrons. The van der Waals surface area contributed by atoms with Gasteiger partial charge in [-0.2, -0.15) is 9.37 Å². The van der Waals surface area contributed by atoms with Crippen molar-refractivity contribution in [2.45, 2.75) is 13.5 Å². The van der Waals surface area contributed by atoms with E-state index in [0.29, 0.717) is 33.9 Å². The maximum absolute atomic E-state index is 13.6. The zero-order valence-electron chi connectivity index (χ0n) is 18.4. The number of halogens is 1. The number of pyridine rings is 2. The first-order valence-corrected chi connectivity index (χ1v) is 10.2. The number of carbonyl (C=O) groups excluding carboxylic acids is 1. The molecule has 4 rings (SSSR count). The average molecular weight is 447 g/mol. The number of amides is 1. The van der Waals surface area contributed by atoms with E-state index < -0.39 is 5.95 Å². The maximum atomic E-state index is 13.6. The number of aromatic nitrogens is 2. The minimum atomic E-state index is -0.674. The molecule has 0 saturated heterocycles. The lowest BCUT2D eigenvalue weighted by atomic mass is 10.1. The van der Waals surface area contributed by atoms with E-state index in [2.05, 4.69) is 15.3 Å². The van der Waals surface area contributed by atoms with E-state index in [-0.39, 0.29) is 18.3 Å². The van der Waals surface area contributed by atoms with Crippen LogP contribution in [0.2, 0.25) is 0 Å². The second-order valence-corrected chi connectivity index (χ2v) is 7.25. The van der Waals surface area contributed by atoms with Gasteiger partial charge < -0.3 is 19.5 Å². The first-order chi connectivity index (χ1) is 16.0. The highest BCUT2D eigenvalue weighted by Crippen LogP contribution is 2.33. The Morgan fingerprint density at radius 3 is 2.67 bits per heavy atom. The predicted molar refractivity (Wildman–Crippen MR) is 121 cm³/mol. The van der Waals surface area contributed by atoms with Crippen molar-refractivity contribution in [2.75, 3.05) is 14.2 Å². The summed E-state index contributed by atoms with van der Waals surface area (Å²) in [7, 11) is 3.00. The Hall–Kier alpha value is -4.20. The second kappa shape index (κ2) is 9.52. The van der Waals surface area contributed by atoms with E-state index in [9.17, 15) is 9.18 Å². The van der Waals surface area contributed by atoms with Gasteiger partial charge >= 0.3 is 0 Å². The third kappa shape index (κ3) is 4.85. The Labute approximate surface area is 190 Å². The molecule has 2 heterocycles. The van der Waals surface area contributed by atoms with E-state index in [1.165, 1.54) is 13.2 Å². The predicted octanol–water partition coefficient (Wildman–Crippen LogP) is 4.82. The molecule has 1 N–H and O–H groups in total. The molecule has 33 heavy (non-hydrogen) atoms. The van der Waals surface area contributed by atoms with Gasteiger partial charge in [0, 0.05) is 41.4 Å². The van der Waals surface area contributed by atoms with Crippen molar-refractivity contribution in [1.29, 1.82) is 0 Å². The summed E-state index contributed by atoms with van der Waals surface area (Å²) in [5, 5.41) is 3.62. The summed E-state index contributed by atoms with van der Waals surface area (Å²) in [4.78, 5) is 20.8. The number of hydrogen-bond donors (Lipinski definition) is 1. The summed E-state index contributed by atoms with van der Waals surface area (Å²) in [6.07, 6.45) is 1.66. The minimum Gasteiger partial charge on any atom is -0.497 e. The van der Waals surface area contributed by atoms with E-state index >= 15 is 0 Å². The van der Waals surface area contributed by atoms with Crippen molar-refractivity contribution in [3.05, 3.63) is 83.4 Å². The van der Waals surface area contributed by atoms with Gasteiger partial charge in [0.1, 0.15) is 17.2 Å². The lowest BCUT2D eigenvalue weighted by Gasteiger charge is -2.14. The second-order valence-electron chi connectivity index (χ2n) is 7.25. The van der Waals surface area contributed by atoms with Crippen LogP contribution < -0.4 is 19.5 Å². The monoisotopic (exact) mass is 447 g/mol. The van der Waals surface area contributed by atoms with Gasteiger partial charge in [0.05, 0.1) is 19.7 Å². The summed E-state index contributed by atoms with van der Waals surface area (Å²) in [5.41, 5.74) is 2.40. The lowest BCUT2D eigenvalue weighted by molar-refractivity contribution is 0.0949. The van der Waals surface area contributed by atoms with Crippen molar-refractivity contribution in [3.8, 4) is 23.1 Å². The van der Waals surface area contributed by atoms with E-state index in [4.69, 9.17) is 14.2 Å². The highest BCUT2D eigenvalue weighted by Gasteiger charge is 2.15. The Morgan fingerprint density at radius 1 is 1.03 bits per heavy atom. The Bertz CT molecular complexity index is 1330. The fourth-order valence-electron chi connectivity index (χ4n) is 3.41. The van der Waals surface area contributed by atoms with Crippen LogP contribution in [0.25, 0.3) is 10.9 Å².